The monoisotopic (exact) mass is 341 g/mol. The lowest BCUT2D eigenvalue weighted by molar-refractivity contribution is 0.0914. The number of aromatic nitrogens is 2. The number of aliphatic hydroxyl groups is 1. The van der Waals surface area contributed by atoms with Crippen LogP contribution < -0.4 is 5.32 Å². The van der Waals surface area contributed by atoms with Crippen LogP contribution in [0, 0.1) is 0 Å². The summed E-state index contributed by atoms with van der Waals surface area (Å²) in [4.78, 5) is 12.6. The Morgan fingerprint density at radius 3 is 2.72 bits per heavy atom. The summed E-state index contributed by atoms with van der Waals surface area (Å²) in [6.45, 7) is 4.50. The Balaban J connectivity index is 1.62. The van der Waals surface area contributed by atoms with Crippen molar-refractivity contribution in [3.63, 3.8) is 0 Å². The number of carbonyl (C=O) groups is 1. The quantitative estimate of drug-likeness (QED) is 0.775. The van der Waals surface area contributed by atoms with Gasteiger partial charge in [-0.05, 0) is 31.7 Å². The molecule has 0 radical (unpaired) electrons. The molecule has 2 aromatic rings. The minimum Gasteiger partial charge on any atom is -0.391 e. The van der Waals surface area contributed by atoms with E-state index < -0.39 is 6.10 Å². The van der Waals surface area contributed by atoms with Gasteiger partial charge in [0.1, 0.15) is 0 Å². The molecule has 0 bridgehead atoms. The highest BCUT2D eigenvalue weighted by Crippen LogP contribution is 2.42. The molecule has 1 aromatic carbocycles. The molecule has 1 aliphatic rings. The maximum atomic E-state index is 12.6. The molecule has 0 spiro atoms. The van der Waals surface area contributed by atoms with Gasteiger partial charge in [0.15, 0.2) is 0 Å². The number of aliphatic hydroxyl groups excluding tert-OH is 1. The zero-order valence-electron chi connectivity index (χ0n) is 15.0. The van der Waals surface area contributed by atoms with Crippen LogP contribution in [0.15, 0.2) is 36.5 Å². The lowest BCUT2D eigenvalue weighted by Gasteiger charge is -2.15. The number of rotatable bonds is 8. The smallest absolute Gasteiger partial charge is 0.254 e. The zero-order chi connectivity index (χ0) is 17.8. The molecule has 2 N–H and O–H groups in total. The van der Waals surface area contributed by atoms with Crippen molar-refractivity contribution in [2.75, 3.05) is 6.54 Å². The number of nitrogens with one attached hydrogen (secondary N) is 1. The lowest BCUT2D eigenvalue weighted by Crippen LogP contribution is -2.33. The van der Waals surface area contributed by atoms with Gasteiger partial charge in [-0.25, -0.2) is 0 Å². The summed E-state index contributed by atoms with van der Waals surface area (Å²) in [5.41, 5.74) is 2.78. The van der Waals surface area contributed by atoms with Crippen LogP contribution in [-0.4, -0.2) is 33.4 Å². The molecule has 1 aliphatic carbocycles. The minimum absolute atomic E-state index is 0.136. The Labute approximate surface area is 149 Å². The Hall–Kier alpha value is -2.14. The SMILES string of the molecule is CCC(C)n1ncc(C(=O)NCC(O)Cc2ccccc2)c1C1CC1. The van der Waals surface area contributed by atoms with Gasteiger partial charge in [0, 0.05) is 24.9 Å². The number of benzene rings is 1. The summed E-state index contributed by atoms with van der Waals surface area (Å²) < 4.78 is 2.01. The second-order valence-corrected chi connectivity index (χ2v) is 6.97. The summed E-state index contributed by atoms with van der Waals surface area (Å²) in [5.74, 6) is 0.315. The first-order valence-electron chi connectivity index (χ1n) is 9.17. The van der Waals surface area contributed by atoms with Gasteiger partial charge in [-0.15, -0.1) is 0 Å². The van der Waals surface area contributed by atoms with E-state index in [2.05, 4.69) is 24.3 Å². The van der Waals surface area contributed by atoms with Gasteiger partial charge in [0.25, 0.3) is 5.91 Å². The third kappa shape index (κ3) is 4.28. The number of hydrogen-bond acceptors (Lipinski definition) is 3. The lowest BCUT2D eigenvalue weighted by atomic mass is 10.1. The van der Waals surface area contributed by atoms with Crippen LogP contribution in [0.4, 0.5) is 0 Å². The highest BCUT2D eigenvalue weighted by molar-refractivity contribution is 5.95. The van der Waals surface area contributed by atoms with E-state index in [4.69, 9.17) is 0 Å². The van der Waals surface area contributed by atoms with Crippen molar-refractivity contribution in [2.24, 2.45) is 0 Å². The fraction of sp³-hybridized carbons (Fsp3) is 0.500. The number of hydrogen-bond donors (Lipinski definition) is 2. The molecule has 0 aliphatic heterocycles. The van der Waals surface area contributed by atoms with Gasteiger partial charge in [-0.1, -0.05) is 37.3 Å². The van der Waals surface area contributed by atoms with Crippen LogP contribution >= 0.6 is 0 Å². The average Bonchev–Trinajstić information content (AvgIpc) is 3.37. The van der Waals surface area contributed by atoms with Gasteiger partial charge < -0.3 is 10.4 Å². The zero-order valence-corrected chi connectivity index (χ0v) is 15.0. The maximum Gasteiger partial charge on any atom is 0.254 e. The minimum atomic E-state index is -0.597. The molecule has 3 rings (SSSR count). The fourth-order valence-corrected chi connectivity index (χ4v) is 3.10. The Bertz CT molecular complexity index is 707. The topological polar surface area (TPSA) is 67.2 Å². The number of nitrogens with zero attached hydrogens (tertiary/aromatic N) is 2. The van der Waals surface area contributed by atoms with Gasteiger partial charge in [-0.2, -0.15) is 5.10 Å². The fourth-order valence-electron chi connectivity index (χ4n) is 3.10. The van der Waals surface area contributed by atoms with E-state index in [1.165, 1.54) is 0 Å². The third-order valence-corrected chi connectivity index (χ3v) is 4.86. The highest BCUT2D eigenvalue weighted by Gasteiger charge is 2.33. The molecular formula is C20H27N3O2. The molecule has 1 aromatic heterocycles. The van der Waals surface area contributed by atoms with E-state index >= 15 is 0 Å². The summed E-state index contributed by atoms with van der Waals surface area (Å²) >= 11 is 0. The van der Waals surface area contributed by atoms with Crippen molar-refractivity contribution in [2.45, 2.75) is 57.6 Å². The van der Waals surface area contributed by atoms with E-state index in [9.17, 15) is 9.90 Å². The van der Waals surface area contributed by atoms with Crippen LogP contribution in [0.1, 0.15) is 66.7 Å². The van der Waals surface area contributed by atoms with Crippen molar-refractivity contribution < 1.29 is 9.90 Å². The van der Waals surface area contributed by atoms with Gasteiger partial charge >= 0.3 is 0 Å². The van der Waals surface area contributed by atoms with Crippen LogP contribution in [0.2, 0.25) is 0 Å². The molecule has 5 nitrogen and oxygen atoms in total. The van der Waals surface area contributed by atoms with Crippen molar-refractivity contribution in [3.8, 4) is 0 Å². The molecule has 0 saturated heterocycles. The van der Waals surface area contributed by atoms with E-state index in [0.717, 1.165) is 30.5 Å². The molecule has 134 valence electrons. The van der Waals surface area contributed by atoms with Crippen LogP contribution in [-0.2, 0) is 6.42 Å². The molecule has 1 heterocycles. The summed E-state index contributed by atoms with van der Waals surface area (Å²) in [7, 11) is 0. The molecule has 1 fully saturated rings. The Morgan fingerprint density at radius 2 is 2.08 bits per heavy atom. The molecule has 1 amide bonds. The van der Waals surface area contributed by atoms with Gasteiger partial charge in [-0.3, -0.25) is 9.48 Å². The van der Waals surface area contributed by atoms with Gasteiger partial charge in [0.05, 0.1) is 23.6 Å². The van der Waals surface area contributed by atoms with Crippen LogP contribution in [0.3, 0.4) is 0 Å². The molecule has 2 atom stereocenters. The molecule has 2 unspecified atom stereocenters. The van der Waals surface area contributed by atoms with E-state index in [1.807, 2.05) is 35.0 Å². The van der Waals surface area contributed by atoms with Crippen LogP contribution in [0.25, 0.3) is 0 Å². The molecule has 5 heteroatoms. The first-order valence-corrected chi connectivity index (χ1v) is 9.17. The van der Waals surface area contributed by atoms with Crippen molar-refractivity contribution in [3.05, 3.63) is 53.3 Å². The predicted octanol–water partition coefficient (Wildman–Crippen LogP) is 3.06. The largest absolute Gasteiger partial charge is 0.391 e. The number of carbonyl (C=O) groups excluding carboxylic acids is 1. The van der Waals surface area contributed by atoms with Gasteiger partial charge in [0.2, 0.25) is 0 Å². The second kappa shape index (κ2) is 7.83. The Morgan fingerprint density at radius 1 is 1.36 bits per heavy atom. The van der Waals surface area contributed by atoms with E-state index in [1.54, 1.807) is 6.20 Å². The summed E-state index contributed by atoms with van der Waals surface area (Å²) in [6, 6.07) is 10.1. The van der Waals surface area contributed by atoms with Crippen LogP contribution in [0.5, 0.6) is 0 Å². The summed E-state index contributed by atoms with van der Waals surface area (Å²) in [5, 5.41) is 17.5. The molecule has 1 saturated carbocycles. The molecular weight excluding hydrogens is 314 g/mol. The standard InChI is InChI=1S/C20H27N3O2/c1-3-14(2)23-19(16-9-10-16)18(13-22-23)20(25)21-12-17(24)11-15-7-5-4-6-8-15/h4-8,13-14,16-17,24H,3,9-12H2,1-2H3,(H,21,25). The Kier molecular flexibility index (Phi) is 5.53. The average molecular weight is 341 g/mol. The first kappa shape index (κ1) is 17.7. The highest BCUT2D eigenvalue weighted by atomic mass is 16.3. The van der Waals surface area contributed by atoms with Crippen molar-refractivity contribution in [1.82, 2.24) is 15.1 Å². The summed E-state index contributed by atoms with van der Waals surface area (Å²) in [6.07, 6.45) is 4.85. The normalized spacial score (nSPS) is 16.4. The predicted molar refractivity (Wildman–Crippen MR) is 97.7 cm³/mol. The first-order chi connectivity index (χ1) is 12.1. The molecule has 25 heavy (non-hydrogen) atoms. The second-order valence-electron chi connectivity index (χ2n) is 6.97. The van der Waals surface area contributed by atoms with Crippen molar-refractivity contribution in [1.29, 1.82) is 0 Å². The van der Waals surface area contributed by atoms with E-state index in [0.29, 0.717) is 23.9 Å². The number of amides is 1. The third-order valence-electron chi connectivity index (χ3n) is 4.86. The maximum absolute atomic E-state index is 12.6. The van der Waals surface area contributed by atoms with E-state index in [-0.39, 0.29) is 12.5 Å². The van der Waals surface area contributed by atoms with Crippen molar-refractivity contribution >= 4 is 5.91 Å².